The summed E-state index contributed by atoms with van der Waals surface area (Å²) in [5, 5.41) is 9.16. The summed E-state index contributed by atoms with van der Waals surface area (Å²) in [6.07, 6.45) is 0. The highest BCUT2D eigenvalue weighted by molar-refractivity contribution is 5.54. The van der Waals surface area contributed by atoms with Crippen molar-refractivity contribution in [2.75, 3.05) is 11.4 Å². The summed E-state index contributed by atoms with van der Waals surface area (Å²) in [5.41, 5.74) is 4.33. The lowest BCUT2D eigenvalue weighted by molar-refractivity contribution is 0.826. The molecule has 0 heterocycles. The number of aryl methyl sites for hydroxylation is 1. The van der Waals surface area contributed by atoms with E-state index >= 15 is 0 Å². The summed E-state index contributed by atoms with van der Waals surface area (Å²) in [6, 6.07) is 18.4. The molecule has 0 fully saturated rings. The van der Waals surface area contributed by atoms with Crippen LogP contribution in [-0.4, -0.2) is 6.54 Å². The fourth-order valence-corrected chi connectivity index (χ4v) is 2.26. The van der Waals surface area contributed by atoms with Crippen molar-refractivity contribution >= 4 is 5.69 Å². The van der Waals surface area contributed by atoms with Gasteiger partial charge in [0.1, 0.15) is 0 Å². The van der Waals surface area contributed by atoms with Gasteiger partial charge < -0.3 is 4.90 Å². The fourth-order valence-electron chi connectivity index (χ4n) is 2.26. The minimum Gasteiger partial charge on any atom is -0.367 e. The molecule has 0 saturated carbocycles. The lowest BCUT2D eigenvalue weighted by Gasteiger charge is -2.25. The Bertz CT molecular complexity index is 596. The van der Waals surface area contributed by atoms with E-state index in [1.54, 1.807) is 0 Å². The normalized spacial score (nSPS) is 9.95. The van der Waals surface area contributed by atoms with E-state index in [9.17, 15) is 0 Å². The van der Waals surface area contributed by atoms with Crippen LogP contribution < -0.4 is 4.90 Å². The van der Waals surface area contributed by atoms with Crippen LogP contribution in [0.1, 0.15) is 23.6 Å². The number of benzene rings is 2. The molecule has 0 aromatic heterocycles. The van der Waals surface area contributed by atoms with Gasteiger partial charge in [-0.05, 0) is 37.1 Å². The Hall–Kier alpha value is -2.27. The Morgan fingerprint density at radius 1 is 1.05 bits per heavy atom. The molecule has 0 aliphatic rings. The standard InChI is InChI=1S/C17H18N2/c1-3-19(17-11-7-4-8-14(17)2)13-16-10-6-5-9-15(16)12-18/h4-11H,3,13H2,1-2H3. The molecule has 2 heteroatoms. The maximum absolute atomic E-state index is 9.16. The molecule has 0 atom stereocenters. The average molecular weight is 250 g/mol. The van der Waals surface area contributed by atoms with Crippen molar-refractivity contribution in [1.82, 2.24) is 0 Å². The molecule has 0 aliphatic carbocycles. The Morgan fingerprint density at radius 2 is 1.74 bits per heavy atom. The first-order chi connectivity index (χ1) is 9.26. The monoisotopic (exact) mass is 250 g/mol. The molecule has 2 rings (SSSR count). The zero-order valence-electron chi connectivity index (χ0n) is 11.4. The van der Waals surface area contributed by atoms with Gasteiger partial charge in [-0.25, -0.2) is 0 Å². The minimum atomic E-state index is 0.759. The van der Waals surface area contributed by atoms with Crippen LogP contribution in [0.4, 0.5) is 5.69 Å². The van der Waals surface area contributed by atoms with Crippen LogP contribution in [0.3, 0.4) is 0 Å². The smallest absolute Gasteiger partial charge is 0.0995 e. The van der Waals surface area contributed by atoms with Crippen LogP contribution >= 0.6 is 0 Å². The third kappa shape index (κ3) is 2.95. The van der Waals surface area contributed by atoms with Crippen LogP contribution in [0, 0.1) is 18.3 Å². The van der Waals surface area contributed by atoms with E-state index in [2.05, 4.69) is 49.1 Å². The minimum absolute atomic E-state index is 0.759. The second-order valence-electron chi connectivity index (χ2n) is 4.57. The van der Waals surface area contributed by atoms with Crippen molar-refractivity contribution in [3.8, 4) is 6.07 Å². The van der Waals surface area contributed by atoms with E-state index in [0.29, 0.717) is 0 Å². The van der Waals surface area contributed by atoms with Gasteiger partial charge in [-0.15, -0.1) is 0 Å². The maximum atomic E-state index is 9.16. The van der Waals surface area contributed by atoms with E-state index in [4.69, 9.17) is 5.26 Å². The highest BCUT2D eigenvalue weighted by atomic mass is 15.1. The maximum Gasteiger partial charge on any atom is 0.0995 e. The third-order valence-corrected chi connectivity index (χ3v) is 3.34. The molecule has 0 spiro atoms. The van der Waals surface area contributed by atoms with Gasteiger partial charge >= 0.3 is 0 Å². The Kier molecular flexibility index (Phi) is 4.20. The zero-order chi connectivity index (χ0) is 13.7. The number of para-hydroxylation sites is 1. The summed E-state index contributed by atoms with van der Waals surface area (Å²) < 4.78 is 0. The van der Waals surface area contributed by atoms with Gasteiger partial charge in [0.25, 0.3) is 0 Å². The molecule has 19 heavy (non-hydrogen) atoms. The fraction of sp³-hybridized carbons (Fsp3) is 0.235. The number of hydrogen-bond acceptors (Lipinski definition) is 2. The van der Waals surface area contributed by atoms with Crippen molar-refractivity contribution < 1.29 is 0 Å². The molecule has 0 aliphatic heterocycles. The highest BCUT2D eigenvalue weighted by Gasteiger charge is 2.09. The molecule has 2 nitrogen and oxygen atoms in total. The molecule has 96 valence electrons. The predicted octanol–water partition coefficient (Wildman–Crippen LogP) is 3.89. The van der Waals surface area contributed by atoms with Crippen LogP contribution in [0.2, 0.25) is 0 Å². The second-order valence-corrected chi connectivity index (χ2v) is 4.57. The molecule has 2 aromatic carbocycles. The van der Waals surface area contributed by atoms with Crippen LogP contribution in [0.5, 0.6) is 0 Å². The summed E-state index contributed by atoms with van der Waals surface area (Å²) in [5.74, 6) is 0. The van der Waals surface area contributed by atoms with Gasteiger partial charge in [0.05, 0.1) is 11.6 Å². The molecule has 0 unspecified atom stereocenters. The Balaban J connectivity index is 2.30. The molecular formula is C17H18N2. The van der Waals surface area contributed by atoms with Crippen molar-refractivity contribution in [3.63, 3.8) is 0 Å². The second kappa shape index (κ2) is 6.06. The van der Waals surface area contributed by atoms with Gasteiger partial charge in [-0.2, -0.15) is 5.26 Å². The van der Waals surface area contributed by atoms with Crippen molar-refractivity contribution in [2.45, 2.75) is 20.4 Å². The van der Waals surface area contributed by atoms with E-state index in [0.717, 1.165) is 24.2 Å². The average Bonchev–Trinajstić information content (AvgIpc) is 2.46. The first-order valence-corrected chi connectivity index (χ1v) is 6.55. The van der Waals surface area contributed by atoms with Crippen molar-refractivity contribution in [1.29, 1.82) is 5.26 Å². The van der Waals surface area contributed by atoms with E-state index in [-0.39, 0.29) is 0 Å². The van der Waals surface area contributed by atoms with Gasteiger partial charge in [0.15, 0.2) is 0 Å². The van der Waals surface area contributed by atoms with E-state index < -0.39 is 0 Å². The number of anilines is 1. The Labute approximate surface area is 114 Å². The third-order valence-electron chi connectivity index (χ3n) is 3.34. The molecule has 0 radical (unpaired) electrons. The first kappa shape index (κ1) is 13.2. The SMILES string of the molecule is CCN(Cc1ccccc1C#N)c1ccccc1C. The molecular weight excluding hydrogens is 232 g/mol. The summed E-state index contributed by atoms with van der Waals surface area (Å²) in [6.45, 7) is 5.95. The highest BCUT2D eigenvalue weighted by Crippen LogP contribution is 2.22. The van der Waals surface area contributed by atoms with Crippen LogP contribution in [-0.2, 0) is 6.54 Å². The van der Waals surface area contributed by atoms with Crippen molar-refractivity contribution in [2.24, 2.45) is 0 Å². The Morgan fingerprint density at radius 3 is 2.42 bits per heavy atom. The van der Waals surface area contributed by atoms with E-state index in [1.165, 1.54) is 11.3 Å². The quantitative estimate of drug-likeness (QED) is 0.823. The summed E-state index contributed by atoms with van der Waals surface area (Å²) >= 11 is 0. The first-order valence-electron chi connectivity index (χ1n) is 6.55. The van der Waals surface area contributed by atoms with Gasteiger partial charge in [-0.3, -0.25) is 0 Å². The molecule has 0 bridgehead atoms. The summed E-state index contributed by atoms with van der Waals surface area (Å²) in [7, 11) is 0. The van der Waals surface area contributed by atoms with Crippen LogP contribution in [0.15, 0.2) is 48.5 Å². The molecule has 2 aromatic rings. The number of nitrogens with zero attached hydrogens (tertiary/aromatic N) is 2. The van der Waals surface area contributed by atoms with Crippen LogP contribution in [0.25, 0.3) is 0 Å². The number of nitriles is 1. The largest absolute Gasteiger partial charge is 0.367 e. The number of rotatable bonds is 4. The molecule has 0 N–H and O–H groups in total. The van der Waals surface area contributed by atoms with Gasteiger partial charge in [-0.1, -0.05) is 36.4 Å². The lowest BCUT2D eigenvalue weighted by atomic mass is 10.1. The molecule has 0 amide bonds. The predicted molar refractivity (Wildman–Crippen MR) is 79.1 cm³/mol. The zero-order valence-corrected chi connectivity index (χ0v) is 11.4. The summed E-state index contributed by atoms with van der Waals surface area (Å²) in [4.78, 5) is 2.30. The van der Waals surface area contributed by atoms with Gasteiger partial charge in [0, 0.05) is 18.8 Å². The number of hydrogen-bond donors (Lipinski definition) is 0. The van der Waals surface area contributed by atoms with E-state index in [1.807, 2.05) is 24.3 Å². The topological polar surface area (TPSA) is 27.0 Å². The molecule has 0 saturated heterocycles. The van der Waals surface area contributed by atoms with Gasteiger partial charge in [0.2, 0.25) is 0 Å². The lowest BCUT2D eigenvalue weighted by Crippen LogP contribution is -2.23. The van der Waals surface area contributed by atoms with Crippen molar-refractivity contribution in [3.05, 3.63) is 65.2 Å².